The van der Waals surface area contributed by atoms with Gasteiger partial charge in [0.25, 0.3) is 5.56 Å². The third-order valence-corrected chi connectivity index (χ3v) is 3.26. The van der Waals surface area contributed by atoms with Crippen LogP contribution >= 0.6 is 11.8 Å². The van der Waals surface area contributed by atoms with E-state index in [1.54, 1.807) is 13.1 Å². The Morgan fingerprint density at radius 1 is 1.47 bits per heavy atom. The highest BCUT2D eigenvalue weighted by atomic mass is 32.2. The standard InChI is InChI=1S/C12H13FN4OS/c1-15-6-7-2-3-9(8(13)4-7)19-12-16-10(14)5-11(18)17-12/h2-5,15H,6H2,1H3,(H3,14,16,17,18). The number of nitrogen functional groups attached to an aromatic ring is 1. The summed E-state index contributed by atoms with van der Waals surface area (Å²) in [5.74, 6) is -0.249. The Hall–Kier alpha value is -1.86. The van der Waals surface area contributed by atoms with Gasteiger partial charge in [0.15, 0.2) is 5.16 Å². The maximum absolute atomic E-state index is 13.9. The van der Waals surface area contributed by atoms with Crippen molar-refractivity contribution in [2.24, 2.45) is 0 Å². The van der Waals surface area contributed by atoms with E-state index in [4.69, 9.17) is 5.73 Å². The fourth-order valence-electron chi connectivity index (χ4n) is 1.55. The van der Waals surface area contributed by atoms with E-state index in [0.717, 1.165) is 17.3 Å². The van der Waals surface area contributed by atoms with Gasteiger partial charge in [0.2, 0.25) is 0 Å². The van der Waals surface area contributed by atoms with Crippen LogP contribution in [0.4, 0.5) is 10.2 Å². The summed E-state index contributed by atoms with van der Waals surface area (Å²) in [6.45, 7) is 0.592. The van der Waals surface area contributed by atoms with Crippen molar-refractivity contribution in [3.8, 4) is 0 Å². The van der Waals surface area contributed by atoms with Crippen LogP contribution in [0.2, 0.25) is 0 Å². The fraction of sp³-hybridized carbons (Fsp3) is 0.167. The molecule has 0 saturated carbocycles. The Labute approximate surface area is 113 Å². The van der Waals surface area contributed by atoms with Gasteiger partial charge >= 0.3 is 0 Å². The van der Waals surface area contributed by atoms with Crippen LogP contribution in [0.5, 0.6) is 0 Å². The third-order valence-electron chi connectivity index (χ3n) is 2.32. The number of benzene rings is 1. The van der Waals surface area contributed by atoms with Crippen molar-refractivity contribution in [2.75, 3.05) is 12.8 Å². The lowest BCUT2D eigenvalue weighted by atomic mass is 10.2. The van der Waals surface area contributed by atoms with Gasteiger partial charge in [-0.2, -0.15) is 0 Å². The van der Waals surface area contributed by atoms with Crippen LogP contribution in [0.25, 0.3) is 0 Å². The van der Waals surface area contributed by atoms with Crippen molar-refractivity contribution in [3.05, 3.63) is 46.0 Å². The second-order valence-corrected chi connectivity index (χ2v) is 4.90. The Morgan fingerprint density at radius 2 is 2.26 bits per heavy atom. The number of anilines is 1. The highest BCUT2D eigenvalue weighted by Crippen LogP contribution is 2.27. The summed E-state index contributed by atoms with van der Waals surface area (Å²) in [4.78, 5) is 18.1. The van der Waals surface area contributed by atoms with Crippen LogP contribution in [0, 0.1) is 5.82 Å². The minimum atomic E-state index is -0.359. The molecular weight excluding hydrogens is 267 g/mol. The number of nitrogens with two attached hydrogens (primary N) is 1. The molecule has 5 nitrogen and oxygen atoms in total. The topological polar surface area (TPSA) is 83.8 Å². The summed E-state index contributed by atoms with van der Waals surface area (Å²) in [7, 11) is 1.79. The number of aromatic amines is 1. The molecule has 100 valence electrons. The summed E-state index contributed by atoms with van der Waals surface area (Å²) in [6.07, 6.45) is 0. The summed E-state index contributed by atoms with van der Waals surface area (Å²) >= 11 is 1.03. The van der Waals surface area contributed by atoms with Gasteiger partial charge in [-0.25, -0.2) is 9.37 Å². The van der Waals surface area contributed by atoms with Gasteiger partial charge in [-0.1, -0.05) is 6.07 Å². The van der Waals surface area contributed by atoms with Gasteiger partial charge in [0, 0.05) is 12.6 Å². The molecule has 4 N–H and O–H groups in total. The first-order valence-corrected chi connectivity index (χ1v) is 6.38. The molecule has 0 unspecified atom stereocenters. The number of rotatable bonds is 4. The minimum Gasteiger partial charge on any atom is -0.383 e. The predicted molar refractivity (Wildman–Crippen MR) is 72.6 cm³/mol. The summed E-state index contributed by atoms with van der Waals surface area (Å²) in [6, 6.07) is 6.09. The SMILES string of the molecule is CNCc1ccc(Sc2nc(N)cc(=O)[nH]2)c(F)c1. The van der Waals surface area contributed by atoms with E-state index >= 15 is 0 Å². The molecule has 0 aliphatic carbocycles. The smallest absolute Gasteiger partial charge is 0.253 e. The first-order valence-electron chi connectivity index (χ1n) is 5.56. The van der Waals surface area contributed by atoms with E-state index in [1.807, 2.05) is 6.07 Å². The number of nitrogens with one attached hydrogen (secondary N) is 2. The zero-order valence-corrected chi connectivity index (χ0v) is 11.1. The molecule has 7 heteroatoms. The zero-order chi connectivity index (χ0) is 13.8. The van der Waals surface area contributed by atoms with Crippen LogP contribution in [0.15, 0.2) is 39.1 Å². The Bertz CT molecular complexity index is 644. The van der Waals surface area contributed by atoms with Crippen molar-refractivity contribution >= 4 is 17.6 Å². The summed E-state index contributed by atoms with van der Waals surface area (Å²) in [5.41, 5.74) is 5.95. The Kier molecular flexibility index (Phi) is 4.18. The number of nitrogens with zero attached hydrogens (tertiary/aromatic N) is 1. The van der Waals surface area contributed by atoms with Crippen LogP contribution in [-0.4, -0.2) is 17.0 Å². The molecule has 2 rings (SSSR count). The molecule has 0 fully saturated rings. The largest absolute Gasteiger partial charge is 0.383 e. The van der Waals surface area contributed by atoms with Gasteiger partial charge in [-0.3, -0.25) is 4.79 Å². The van der Waals surface area contributed by atoms with Gasteiger partial charge < -0.3 is 16.0 Å². The molecule has 0 saturated heterocycles. The second-order valence-electron chi connectivity index (χ2n) is 3.87. The molecule has 0 atom stereocenters. The maximum atomic E-state index is 13.9. The van der Waals surface area contributed by atoms with Crippen molar-refractivity contribution < 1.29 is 4.39 Å². The first kappa shape index (κ1) is 13.6. The van der Waals surface area contributed by atoms with Crippen LogP contribution in [0.3, 0.4) is 0 Å². The lowest BCUT2D eigenvalue weighted by molar-refractivity contribution is 0.597. The zero-order valence-electron chi connectivity index (χ0n) is 10.2. The first-order chi connectivity index (χ1) is 9.08. The monoisotopic (exact) mass is 280 g/mol. The van der Waals surface area contributed by atoms with E-state index in [2.05, 4.69) is 15.3 Å². The van der Waals surface area contributed by atoms with Gasteiger partial charge in [0.1, 0.15) is 11.6 Å². The maximum Gasteiger partial charge on any atom is 0.253 e. The lowest BCUT2D eigenvalue weighted by Gasteiger charge is -2.05. The molecule has 0 amide bonds. The van der Waals surface area contributed by atoms with Crippen molar-refractivity contribution in [3.63, 3.8) is 0 Å². The predicted octanol–water partition coefficient (Wildman–Crippen LogP) is 1.36. The molecule has 1 aromatic carbocycles. The molecule has 0 bridgehead atoms. The molecule has 2 aromatic rings. The quantitative estimate of drug-likeness (QED) is 0.737. The molecule has 1 heterocycles. The Balaban J connectivity index is 2.25. The third kappa shape index (κ3) is 3.55. The Morgan fingerprint density at radius 3 is 2.89 bits per heavy atom. The van der Waals surface area contributed by atoms with Crippen molar-refractivity contribution in [1.82, 2.24) is 15.3 Å². The summed E-state index contributed by atoms with van der Waals surface area (Å²) < 4.78 is 13.9. The van der Waals surface area contributed by atoms with E-state index in [9.17, 15) is 9.18 Å². The van der Waals surface area contributed by atoms with Gasteiger partial charge in [-0.15, -0.1) is 0 Å². The van der Waals surface area contributed by atoms with Crippen LogP contribution in [0.1, 0.15) is 5.56 Å². The molecule has 0 radical (unpaired) electrons. The average molecular weight is 280 g/mol. The van der Waals surface area contributed by atoms with E-state index in [1.165, 1.54) is 12.1 Å². The molecule has 0 spiro atoms. The van der Waals surface area contributed by atoms with Crippen LogP contribution < -0.4 is 16.6 Å². The average Bonchev–Trinajstić information content (AvgIpc) is 2.32. The van der Waals surface area contributed by atoms with E-state index in [-0.39, 0.29) is 22.4 Å². The second kappa shape index (κ2) is 5.85. The summed E-state index contributed by atoms with van der Waals surface area (Å²) in [5, 5.41) is 3.21. The van der Waals surface area contributed by atoms with Gasteiger partial charge in [0.05, 0.1) is 4.90 Å². The lowest BCUT2D eigenvalue weighted by Crippen LogP contribution is -2.09. The van der Waals surface area contributed by atoms with E-state index in [0.29, 0.717) is 11.4 Å². The fourth-order valence-corrected chi connectivity index (χ4v) is 2.35. The number of H-pyrrole nitrogens is 1. The van der Waals surface area contributed by atoms with Crippen molar-refractivity contribution in [1.29, 1.82) is 0 Å². The van der Waals surface area contributed by atoms with Crippen LogP contribution in [-0.2, 0) is 6.54 Å². The van der Waals surface area contributed by atoms with Gasteiger partial charge in [-0.05, 0) is 36.5 Å². The molecule has 1 aromatic heterocycles. The molecule has 19 heavy (non-hydrogen) atoms. The molecule has 0 aliphatic heterocycles. The van der Waals surface area contributed by atoms with Crippen molar-refractivity contribution in [2.45, 2.75) is 16.6 Å². The highest BCUT2D eigenvalue weighted by molar-refractivity contribution is 7.99. The number of aromatic nitrogens is 2. The number of halogens is 1. The molecular formula is C12H13FN4OS. The highest BCUT2D eigenvalue weighted by Gasteiger charge is 2.08. The molecule has 0 aliphatic rings. The number of hydrogen-bond acceptors (Lipinski definition) is 5. The normalized spacial score (nSPS) is 10.6. The number of hydrogen-bond donors (Lipinski definition) is 3. The van der Waals surface area contributed by atoms with E-state index < -0.39 is 0 Å². The minimum absolute atomic E-state index is 0.110.